The van der Waals surface area contributed by atoms with Crippen molar-refractivity contribution in [1.29, 1.82) is 0 Å². The van der Waals surface area contributed by atoms with Crippen molar-refractivity contribution in [2.45, 2.75) is 52.4 Å². The van der Waals surface area contributed by atoms with Crippen LogP contribution in [0.3, 0.4) is 0 Å². The van der Waals surface area contributed by atoms with Gasteiger partial charge < -0.3 is 9.80 Å². The van der Waals surface area contributed by atoms with E-state index < -0.39 is 0 Å². The third kappa shape index (κ3) is 9.33. The predicted molar refractivity (Wildman–Crippen MR) is 413 cm³/mol. The van der Waals surface area contributed by atoms with Crippen molar-refractivity contribution in [3.05, 3.63) is 337 Å². The van der Waals surface area contributed by atoms with Crippen LogP contribution in [0.2, 0.25) is 0 Å². The first-order valence-electron chi connectivity index (χ1n) is 33.4. The molecule has 0 unspecified atom stereocenters. The number of para-hydroxylation sites is 2. The van der Waals surface area contributed by atoms with Gasteiger partial charge in [0, 0.05) is 85.1 Å². The van der Waals surface area contributed by atoms with Gasteiger partial charge in [-0.05, 0) is 223 Å². The molecule has 16 aromatic rings. The van der Waals surface area contributed by atoms with Gasteiger partial charge in [-0.2, -0.15) is 0 Å². The Bertz CT molecular complexity index is 5460. The molecule has 2 aliphatic carbocycles. The molecule has 0 spiro atoms. The lowest BCUT2D eigenvalue weighted by atomic mass is 9.81. The zero-order chi connectivity index (χ0) is 64.6. The number of aryl methyl sites for hydroxylation is 2. The first-order valence-corrected chi connectivity index (χ1v) is 35.1. The highest BCUT2D eigenvalue weighted by atomic mass is 32.1. The Kier molecular flexibility index (Phi) is 13.5. The van der Waals surface area contributed by atoms with Gasteiger partial charge in [-0.15, -0.1) is 22.7 Å². The number of anilines is 6. The molecule has 0 saturated carbocycles. The van der Waals surface area contributed by atoms with Crippen LogP contribution in [0, 0.1) is 13.8 Å². The van der Waals surface area contributed by atoms with Crippen LogP contribution in [-0.4, -0.2) is 0 Å². The molecule has 0 amide bonds. The van der Waals surface area contributed by atoms with Gasteiger partial charge in [0.2, 0.25) is 0 Å². The van der Waals surface area contributed by atoms with Crippen molar-refractivity contribution < 1.29 is 0 Å². The smallest absolute Gasteiger partial charge is 0.0540 e. The zero-order valence-corrected chi connectivity index (χ0v) is 56.2. The van der Waals surface area contributed by atoms with Crippen LogP contribution in [0.15, 0.2) is 303 Å². The van der Waals surface area contributed by atoms with E-state index in [0.29, 0.717) is 0 Å². The predicted octanol–water partition coefficient (Wildman–Crippen LogP) is 26.9. The fourth-order valence-electron chi connectivity index (χ4n) is 16.0. The second kappa shape index (κ2) is 22.4. The lowest BCUT2D eigenvalue weighted by molar-refractivity contribution is 0.660. The Morgan fingerprint density at radius 1 is 0.229 bits per heavy atom. The second-order valence-electron chi connectivity index (χ2n) is 27.3. The van der Waals surface area contributed by atoms with E-state index in [1.54, 1.807) is 0 Å². The van der Waals surface area contributed by atoms with Gasteiger partial charge in [0.1, 0.15) is 0 Å². The van der Waals surface area contributed by atoms with E-state index in [2.05, 4.69) is 355 Å². The molecule has 0 aliphatic heterocycles. The Hall–Kier alpha value is -10.9. The molecule has 0 atom stereocenters. The maximum atomic E-state index is 2.48. The summed E-state index contributed by atoms with van der Waals surface area (Å²) in [6.45, 7) is 14.0. The van der Waals surface area contributed by atoms with Crippen molar-refractivity contribution in [1.82, 2.24) is 0 Å². The lowest BCUT2D eigenvalue weighted by Gasteiger charge is -2.30. The zero-order valence-electron chi connectivity index (χ0n) is 54.6. The van der Waals surface area contributed by atoms with Gasteiger partial charge in [0.25, 0.3) is 0 Å². The largest absolute Gasteiger partial charge is 0.310 e. The van der Waals surface area contributed by atoms with Gasteiger partial charge in [0.05, 0.1) is 11.4 Å². The van der Waals surface area contributed by atoms with Crippen LogP contribution in [0.4, 0.5) is 34.1 Å². The minimum atomic E-state index is -0.0847. The van der Waals surface area contributed by atoms with Crippen LogP contribution in [0.1, 0.15) is 61.1 Å². The van der Waals surface area contributed by atoms with Gasteiger partial charge in [-0.25, -0.2) is 0 Å². The third-order valence-corrected chi connectivity index (χ3v) is 23.3. The number of benzene rings is 14. The van der Waals surface area contributed by atoms with Crippen molar-refractivity contribution in [3.8, 4) is 77.9 Å². The highest BCUT2D eigenvalue weighted by molar-refractivity contribution is 7.26. The Labute approximate surface area is 569 Å². The van der Waals surface area contributed by atoms with Gasteiger partial charge >= 0.3 is 0 Å². The standard InChI is InChI=1S/C92H68N2S2/c1-57-51-61(37-47-83(57)93(85-27-15-9-19-69(85)65-39-49-89-77(53-65)75-23-11-17-29-87(75)95-89)67-41-31-59(32-42-67)63-35-45-73-71-21-7-13-25-79(71)91(3,4)81(73)55-63)62-38-48-84(58(2)52-62)94(86-28-16-10-20-70(86)66-40-50-90-78(54-66)76-24-12-18-30-88(76)96-90)68-43-33-60(34-44-68)64-36-46-74-72-22-8-14-26-80(72)92(5,6)82(74)56-64/h7-56H,1-6H3. The topological polar surface area (TPSA) is 6.48 Å². The van der Waals surface area contributed by atoms with E-state index in [0.717, 1.165) is 34.1 Å². The van der Waals surface area contributed by atoms with E-state index in [4.69, 9.17) is 0 Å². The minimum absolute atomic E-state index is 0.0847. The number of fused-ring (bicyclic) bond motifs is 12. The number of thiophene rings is 2. The lowest BCUT2D eigenvalue weighted by Crippen LogP contribution is -2.14. The molecule has 2 nitrogen and oxygen atoms in total. The quantitative estimate of drug-likeness (QED) is 0.127. The van der Waals surface area contributed by atoms with Crippen LogP contribution < -0.4 is 9.80 Å². The molecule has 4 heteroatoms. The maximum Gasteiger partial charge on any atom is 0.0540 e. The molecular weight excluding hydrogens is 1200 g/mol. The third-order valence-electron chi connectivity index (χ3n) is 21.0. The molecule has 2 aliphatic rings. The van der Waals surface area contributed by atoms with E-state index in [1.165, 1.54) is 152 Å². The van der Waals surface area contributed by atoms with Crippen molar-refractivity contribution in [2.75, 3.05) is 9.80 Å². The summed E-state index contributed by atoms with van der Waals surface area (Å²) in [5, 5.41) is 5.18. The van der Waals surface area contributed by atoms with Crippen molar-refractivity contribution >= 4 is 97.1 Å². The normalized spacial score (nSPS) is 13.3. The number of rotatable bonds is 11. The molecule has 2 heterocycles. The molecule has 458 valence electrons. The summed E-state index contributed by atoms with van der Waals surface area (Å²) in [4.78, 5) is 4.96. The minimum Gasteiger partial charge on any atom is -0.310 e. The maximum absolute atomic E-state index is 2.48. The summed E-state index contributed by atoms with van der Waals surface area (Å²) in [7, 11) is 0. The van der Waals surface area contributed by atoms with Crippen LogP contribution in [-0.2, 0) is 10.8 Å². The van der Waals surface area contributed by atoms with E-state index in [1.807, 2.05) is 22.7 Å². The van der Waals surface area contributed by atoms with E-state index >= 15 is 0 Å². The summed E-state index contributed by atoms with van der Waals surface area (Å²) in [5.74, 6) is 0. The summed E-state index contributed by atoms with van der Waals surface area (Å²) in [6.07, 6.45) is 0. The SMILES string of the molecule is Cc1cc(-c2ccc(N(c3ccc(-c4ccc5c(c4)C(C)(C)c4ccccc4-5)cc3)c3ccccc3-c3ccc4sc5ccccc5c4c3)c(C)c2)ccc1N(c1ccc(-c2ccc3c(c2)C(C)(C)c2ccccc2-3)cc1)c1ccccc1-c1ccc2sc3ccccc3c2c1. The molecule has 96 heavy (non-hydrogen) atoms. The average molecular weight is 1270 g/mol. The molecule has 0 fully saturated rings. The first kappa shape index (κ1) is 57.8. The summed E-state index contributed by atoms with van der Waals surface area (Å²) >= 11 is 3.73. The van der Waals surface area contributed by atoms with E-state index in [9.17, 15) is 0 Å². The first-order chi connectivity index (χ1) is 46.9. The van der Waals surface area contributed by atoms with Crippen LogP contribution in [0.5, 0.6) is 0 Å². The number of nitrogens with zero attached hydrogens (tertiary/aromatic N) is 2. The summed E-state index contributed by atoms with van der Waals surface area (Å²) < 4.78 is 5.22. The molecule has 0 N–H and O–H groups in total. The monoisotopic (exact) mass is 1260 g/mol. The highest BCUT2D eigenvalue weighted by Gasteiger charge is 2.37. The molecule has 0 radical (unpaired) electrons. The molecule has 2 aromatic heterocycles. The fraction of sp³-hybridized carbons (Fsp3) is 0.0870. The Morgan fingerprint density at radius 2 is 0.552 bits per heavy atom. The molecule has 0 bridgehead atoms. The molecular formula is C92H68N2S2. The molecule has 18 rings (SSSR count). The van der Waals surface area contributed by atoms with Crippen LogP contribution in [0.25, 0.3) is 118 Å². The van der Waals surface area contributed by atoms with Gasteiger partial charge in [-0.1, -0.05) is 222 Å². The fourth-order valence-corrected chi connectivity index (χ4v) is 18.1. The molecule has 14 aromatic carbocycles. The highest BCUT2D eigenvalue weighted by Crippen LogP contribution is 2.53. The van der Waals surface area contributed by atoms with Gasteiger partial charge in [0.15, 0.2) is 0 Å². The summed E-state index contributed by atoms with van der Waals surface area (Å²) in [6, 6.07) is 114. The van der Waals surface area contributed by atoms with Crippen LogP contribution >= 0.6 is 22.7 Å². The summed E-state index contributed by atoms with van der Waals surface area (Å²) in [5.41, 5.74) is 31.7. The Balaban J connectivity index is 0.731. The molecule has 0 saturated heterocycles. The average Bonchev–Trinajstić information content (AvgIpc) is 1.55. The van der Waals surface area contributed by atoms with Crippen molar-refractivity contribution in [3.63, 3.8) is 0 Å². The number of hydrogen-bond acceptors (Lipinski definition) is 4. The Morgan fingerprint density at radius 3 is 0.979 bits per heavy atom. The van der Waals surface area contributed by atoms with Gasteiger partial charge in [-0.3, -0.25) is 0 Å². The van der Waals surface area contributed by atoms with E-state index in [-0.39, 0.29) is 10.8 Å². The second-order valence-corrected chi connectivity index (χ2v) is 29.4. The number of hydrogen-bond donors (Lipinski definition) is 0. The van der Waals surface area contributed by atoms with Crippen molar-refractivity contribution in [2.24, 2.45) is 0 Å².